The molecule has 1 aliphatic heterocycles. The maximum absolute atomic E-state index is 12.6. The van der Waals surface area contributed by atoms with Crippen molar-refractivity contribution in [2.75, 3.05) is 38.2 Å². The van der Waals surface area contributed by atoms with Gasteiger partial charge in [0.2, 0.25) is 5.91 Å². The van der Waals surface area contributed by atoms with Crippen molar-refractivity contribution in [2.24, 2.45) is 0 Å². The van der Waals surface area contributed by atoms with Crippen molar-refractivity contribution in [2.45, 2.75) is 26.7 Å². The van der Waals surface area contributed by atoms with Crippen LogP contribution in [-0.2, 0) is 4.79 Å². The van der Waals surface area contributed by atoms with E-state index in [1.54, 1.807) is 7.11 Å². The molecule has 1 aliphatic rings. The Morgan fingerprint density at radius 1 is 0.929 bits per heavy atom. The van der Waals surface area contributed by atoms with E-state index in [4.69, 9.17) is 4.74 Å². The van der Waals surface area contributed by atoms with Gasteiger partial charge < -0.3 is 14.5 Å². The average molecular weight is 380 g/mol. The van der Waals surface area contributed by atoms with Gasteiger partial charge in [-0.25, -0.2) is 0 Å². The Labute approximate surface area is 166 Å². The number of methoxy groups -OCH3 is 1. The highest BCUT2D eigenvalue weighted by Crippen LogP contribution is 2.28. The SMILES string of the molecule is COc1ccccc1N1CCN(C(=O)CCC(=O)c2ccc(C)c(C)c2)CC1. The number of carbonyl (C=O) groups excluding carboxylic acids is 2. The second kappa shape index (κ2) is 8.91. The van der Waals surface area contributed by atoms with Crippen molar-refractivity contribution < 1.29 is 14.3 Å². The molecule has 1 amide bonds. The fourth-order valence-corrected chi connectivity index (χ4v) is 3.53. The first kappa shape index (κ1) is 19.9. The van der Waals surface area contributed by atoms with Crippen molar-refractivity contribution in [3.05, 3.63) is 59.2 Å². The molecule has 0 aliphatic carbocycles. The van der Waals surface area contributed by atoms with Crippen molar-refractivity contribution in [3.8, 4) is 5.75 Å². The van der Waals surface area contributed by atoms with Crippen molar-refractivity contribution >= 4 is 17.4 Å². The fourth-order valence-electron chi connectivity index (χ4n) is 3.53. The van der Waals surface area contributed by atoms with Crippen LogP contribution in [0.25, 0.3) is 0 Å². The standard InChI is InChI=1S/C23H28N2O3/c1-17-8-9-19(16-18(17)2)21(26)10-11-23(27)25-14-12-24(13-15-25)20-6-4-5-7-22(20)28-3/h4-9,16H,10-15H2,1-3H3. The zero-order valence-electron chi connectivity index (χ0n) is 16.9. The Kier molecular flexibility index (Phi) is 6.34. The molecule has 0 aromatic heterocycles. The Morgan fingerprint density at radius 3 is 2.32 bits per heavy atom. The maximum atomic E-state index is 12.6. The summed E-state index contributed by atoms with van der Waals surface area (Å²) >= 11 is 0. The number of hydrogen-bond donors (Lipinski definition) is 0. The zero-order chi connectivity index (χ0) is 20.1. The molecule has 5 heteroatoms. The normalized spacial score (nSPS) is 14.1. The number of amides is 1. The van der Waals surface area contributed by atoms with Gasteiger partial charge in [0.25, 0.3) is 0 Å². The predicted octanol–water partition coefficient (Wildman–Crippen LogP) is 3.62. The highest BCUT2D eigenvalue weighted by Gasteiger charge is 2.23. The molecule has 0 radical (unpaired) electrons. The molecule has 0 atom stereocenters. The Bertz CT molecular complexity index is 855. The van der Waals surface area contributed by atoms with Gasteiger partial charge in [0, 0.05) is 44.6 Å². The highest BCUT2D eigenvalue weighted by atomic mass is 16.5. The number of aryl methyl sites for hydroxylation is 2. The summed E-state index contributed by atoms with van der Waals surface area (Å²) in [5.41, 5.74) is 4.02. The summed E-state index contributed by atoms with van der Waals surface area (Å²) < 4.78 is 5.44. The lowest BCUT2D eigenvalue weighted by molar-refractivity contribution is -0.131. The summed E-state index contributed by atoms with van der Waals surface area (Å²) in [5.74, 6) is 0.933. The van der Waals surface area contributed by atoms with E-state index in [9.17, 15) is 9.59 Å². The summed E-state index contributed by atoms with van der Waals surface area (Å²) in [7, 11) is 1.67. The van der Waals surface area contributed by atoms with E-state index in [-0.39, 0.29) is 24.5 Å². The van der Waals surface area contributed by atoms with Crippen LogP contribution in [0, 0.1) is 13.8 Å². The molecule has 2 aromatic carbocycles. The summed E-state index contributed by atoms with van der Waals surface area (Å²) in [5, 5.41) is 0. The summed E-state index contributed by atoms with van der Waals surface area (Å²) in [4.78, 5) is 29.1. The zero-order valence-corrected chi connectivity index (χ0v) is 16.9. The minimum atomic E-state index is 0.0316. The summed E-state index contributed by atoms with van der Waals surface area (Å²) in [6.45, 7) is 6.87. The molecule has 5 nitrogen and oxygen atoms in total. The van der Waals surface area contributed by atoms with Crippen molar-refractivity contribution in [1.82, 2.24) is 4.90 Å². The smallest absolute Gasteiger partial charge is 0.223 e. The van der Waals surface area contributed by atoms with Crippen LogP contribution in [0.1, 0.15) is 34.3 Å². The highest BCUT2D eigenvalue weighted by molar-refractivity contribution is 5.98. The van der Waals surface area contributed by atoms with Gasteiger partial charge in [0.05, 0.1) is 12.8 Å². The van der Waals surface area contributed by atoms with E-state index in [0.29, 0.717) is 18.7 Å². The average Bonchev–Trinajstić information content (AvgIpc) is 2.73. The molecule has 0 N–H and O–H groups in total. The number of anilines is 1. The van der Waals surface area contributed by atoms with Gasteiger partial charge in [-0.15, -0.1) is 0 Å². The Morgan fingerprint density at radius 2 is 1.64 bits per heavy atom. The van der Waals surface area contributed by atoms with Gasteiger partial charge in [0.15, 0.2) is 5.78 Å². The van der Waals surface area contributed by atoms with Gasteiger partial charge in [0.1, 0.15) is 5.75 Å². The molecule has 0 bridgehead atoms. The van der Waals surface area contributed by atoms with Crippen LogP contribution in [0.3, 0.4) is 0 Å². The number of hydrogen-bond acceptors (Lipinski definition) is 4. The largest absolute Gasteiger partial charge is 0.495 e. The Balaban J connectivity index is 1.51. The van der Waals surface area contributed by atoms with E-state index < -0.39 is 0 Å². The maximum Gasteiger partial charge on any atom is 0.223 e. The molecule has 148 valence electrons. The number of piperazine rings is 1. The molecule has 0 saturated carbocycles. The summed E-state index contributed by atoms with van der Waals surface area (Å²) in [6.07, 6.45) is 0.522. The van der Waals surface area contributed by atoms with Crippen LogP contribution in [0.4, 0.5) is 5.69 Å². The number of ether oxygens (including phenoxy) is 1. The molecule has 28 heavy (non-hydrogen) atoms. The number of ketones is 1. The van der Waals surface area contributed by atoms with Gasteiger partial charge in [-0.3, -0.25) is 9.59 Å². The minimum Gasteiger partial charge on any atom is -0.495 e. The third kappa shape index (κ3) is 4.53. The van der Waals surface area contributed by atoms with Gasteiger partial charge >= 0.3 is 0 Å². The number of carbonyl (C=O) groups is 2. The number of rotatable bonds is 6. The molecular formula is C23H28N2O3. The second-order valence-electron chi connectivity index (χ2n) is 7.26. The van der Waals surface area contributed by atoms with Crippen LogP contribution < -0.4 is 9.64 Å². The van der Waals surface area contributed by atoms with Crippen LogP contribution in [-0.4, -0.2) is 49.9 Å². The number of Topliss-reactive ketones (excluding diaryl/α,β-unsaturated/α-hetero) is 1. The predicted molar refractivity (Wildman–Crippen MR) is 111 cm³/mol. The first-order chi connectivity index (χ1) is 13.5. The van der Waals surface area contributed by atoms with E-state index in [1.165, 1.54) is 5.56 Å². The number of nitrogens with zero attached hydrogens (tertiary/aromatic N) is 2. The minimum absolute atomic E-state index is 0.0316. The third-order valence-corrected chi connectivity index (χ3v) is 5.45. The van der Waals surface area contributed by atoms with Crippen LogP contribution >= 0.6 is 0 Å². The van der Waals surface area contributed by atoms with Crippen molar-refractivity contribution in [1.29, 1.82) is 0 Å². The van der Waals surface area contributed by atoms with E-state index in [1.807, 2.05) is 61.2 Å². The second-order valence-corrected chi connectivity index (χ2v) is 7.26. The van der Waals surface area contributed by atoms with Gasteiger partial charge in [-0.1, -0.05) is 24.3 Å². The molecule has 0 spiro atoms. The molecule has 1 saturated heterocycles. The van der Waals surface area contributed by atoms with Crippen molar-refractivity contribution in [3.63, 3.8) is 0 Å². The van der Waals surface area contributed by atoms with Gasteiger partial charge in [-0.2, -0.15) is 0 Å². The fraction of sp³-hybridized carbons (Fsp3) is 0.391. The van der Waals surface area contributed by atoms with E-state index in [2.05, 4.69) is 4.90 Å². The molecular weight excluding hydrogens is 352 g/mol. The van der Waals surface area contributed by atoms with E-state index in [0.717, 1.165) is 30.1 Å². The molecule has 1 heterocycles. The van der Waals surface area contributed by atoms with Crippen LogP contribution in [0.2, 0.25) is 0 Å². The molecule has 2 aromatic rings. The lowest BCUT2D eigenvalue weighted by Crippen LogP contribution is -2.48. The monoisotopic (exact) mass is 380 g/mol. The third-order valence-electron chi connectivity index (χ3n) is 5.45. The number of para-hydroxylation sites is 2. The lowest BCUT2D eigenvalue weighted by atomic mass is 10.0. The quantitative estimate of drug-likeness (QED) is 0.718. The molecule has 1 fully saturated rings. The van der Waals surface area contributed by atoms with Crippen LogP contribution in [0.5, 0.6) is 5.75 Å². The first-order valence-electron chi connectivity index (χ1n) is 9.76. The first-order valence-corrected chi connectivity index (χ1v) is 9.76. The van der Waals surface area contributed by atoms with Gasteiger partial charge in [-0.05, 0) is 43.2 Å². The van der Waals surface area contributed by atoms with Crippen LogP contribution in [0.15, 0.2) is 42.5 Å². The molecule has 0 unspecified atom stereocenters. The lowest BCUT2D eigenvalue weighted by Gasteiger charge is -2.36. The molecule has 3 rings (SSSR count). The van der Waals surface area contributed by atoms with E-state index >= 15 is 0 Å². The topological polar surface area (TPSA) is 49.9 Å². The Hall–Kier alpha value is -2.82. The number of benzene rings is 2. The summed E-state index contributed by atoms with van der Waals surface area (Å²) in [6, 6.07) is 13.7.